The van der Waals surface area contributed by atoms with E-state index in [1.165, 1.54) is 16.9 Å². The number of piperazine rings is 1. The second-order valence-electron chi connectivity index (χ2n) is 6.38. The van der Waals surface area contributed by atoms with Crippen molar-refractivity contribution in [3.63, 3.8) is 0 Å². The molecule has 2 saturated heterocycles. The van der Waals surface area contributed by atoms with Crippen molar-refractivity contribution in [2.75, 3.05) is 49.6 Å². The third-order valence-corrected chi connectivity index (χ3v) is 4.70. The van der Waals surface area contributed by atoms with Gasteiger partial charge in [-0.3, -0.25) is 0 Å². The van der Waals surface area contributed by atoms with Gasteiger partial charge in [0.15, 0.2) is 0 Å². The molecule has 2 aliphatic rings. The fourth-order valence-electron chi connectivity index (χ4n) is 3.52. The third kappa shape index (κ3) is 3.21. The molecule has 2 N–H and O–H groups in total. The van der Waals surface area contributed by atoms with Gasteiger partial charge in [0.25, 0.3) is 0 Å². The van der Waals surface area contributed by atoms with Crippen LogP contribution >= 0.6 is 0 Å². The number of hydrogen-bond acceptors (Lipinski definition) is 5. The number of hydrogen-bond donors (Lipinski definition) is 2. The molecule has 5 heteroatoms. The summed E-state index contributed by atoms with van der Waals surface area (Å²) < 4.78 is 5.40. The fourth-order valence-corrected chi connectivity index (χ4v) is 3.52. The van der Waals surface area contributed by atoms with Gasteiger partial charge >= 0.3 is 0 Å². The maximum Gasteiger partial charge on any atom is 0.0734 e. The number of benzene rings is 1. The monoisotopic (exact) mass is 305 g/mol. The lowest BCUT2D eigenvalue weighted by atomic mass is 10.1. The van der Waals surface area contributed by atoms with Gasteiger partial charge in [0.1, 0.15) is 0 Å². The highest BCUT2D eigenvalue weighted by Gasteiger charge is 2.24. The fraction of sp³-hybridized carbons (Fsp3) is 0.647. The third-order valence-electron chi connectivity index (χ3n) is 4.70. The minimum atomic E-state index is -0.205. The average molecular weight is 305 g/mol. The minimum Gasteiger partial charge on any atom is -0.391 e. The normalized spacial score (nSPS) is 25.8. The second kappa shape index (κ2) is 6.86. The molecule has 0 spiro atoms. The van der Waals surface area contributed by atoms with E-state index in [-0.39, 0.29) is 6.10 Å². The Morgan fingerprint density at radius 2 is 2.23 bits per heavy atom. The molecular formula is C17H27N3O2. The molecule has 2 heterocycles. The predicted molar refractivity (Wildman–Crippen MR) is 89.7 cm³/mol. The average Bonchev–Trinajstić information content (AvgIpc) is 2.94. The van der Waals surface area contributed by atoms with Crippen molar-refractivity contribution in [2.24, 2.45) is 0 Å². The lowest BCUT2D eigenvalue weighted by Gasteiger charge is -2.36. The lowest BCUT2D eigenvalue weighted by molar-refractivity contribution is 0.185. The standard InChI is InChI=1S/C17H27N3O2/c1-13-10-18-6-8-20(13)15-3-4-17(14(9-15)12-22-2)19-7-5-16(21)11-19/h3-4,9,13,16,18,21H,5-8,10-12H2,1-2H3/t13-,16-/m1/s1. The summed E-state index contributed by atoms with van der Waals surface area (Å²) in [5, 5.41) is 13.2. The first-order valence-corrected chi connectivity index (χ1v) is 8.21. The molecule has 122 valence electrons. The van der Waals surface area contributed by atoms with Crippen LogP contribution in [-0.4, -0.2) is 57.1 Å². The van der Waals surface area contributed by atoms with E-state index in [9.17, 15) is 5.11 Å². The molecule has 2 atom stereocenters. The molecule has 0 aromatic heterocycles. The predicted octanol–water partition coefficient (Wildman–Crippen LogP) is 1.20. The number of anilines is 2. The summed E-state index contributed by atoms with van der Waals surface area (Å²) in [5.41, 5.74) is 3.68. The first-order chi connectivity index (χ1) is 10.7. The molecule has 2 fully saturated rings. The van der Waals surface area contributed by atoms with Crippen molar-refractivity contribution in [3.8, 4) is 0 Å². The second-order valence-corrected chi connectivity index (χ2v) is 6.38. The van der Waals surface area contributed by atoms with Gasteiger partial charge in [-0.05, 0) is 31.5 Å². The van der Waals surface area contributed by atoms with Gasteiger partial charge in [-0.1, -0.05) is 0 Å². The summed E-state index contributed by atoms with van der Waals surface area (Å²) in [6.07, 6.45) is 0.645. The smallest absolute Gasteiger partial charge is 0.0734 e. The summed E-state index contributed by atoms with van der Waals surface area (Å²) in [6, 6.07) is 7.16. The van der Waals surface area contributed by atoms with Crippen molar-refractivity contribution in [2.45, 2.75) is 32.1 Å². The summed E-state index contributed by atoms with van der Waals surface area (Å²) >= 11 is 0. The number of aliphatic hydroxyl groups is 1. The van der Waals surface area contributed by atoms with Crippen LogP contribution in [0.1, 0.15) is 18.9 Å². The van der Waals surface area contributed by atoms with Crippen molar-refractivity contribution in [3.05, 3.63) is 23.8 Å². The Morgan fingerprint density at radius 3 is 2.91 bits per heavy atom. The molecule has 2 aliphatic heterocycles. The first-order valence-electron chi connectivity index (χ1n) is 8.21. The van der Waals surface area contributed by atoms with E-state index in [1.54, 1.807) is 7.11 Å². The molecule has 3 rings (SSSR count). The maximum absolute atomic E-state index is 9.79. The zero-order chi connectivity index (χ0) is 15.5. The van der Waals surface area contributed by atoms with Gasteiger partial charge in [0, 0.05) is 62.8 Å². The van der Waals surface area contributed by atoms with Crippen molar-refractivity contribution in [1.82, 2.24) is 5.32 Å². The van der Waals surface area contributed by atoms with Gasteiger partial charge in [-0.15, -0.1) is 0 Å². The topological polar surface area (TPSA) is 48.0 Å². The molecule has 0 saturated carbocycles. The Hall–Kier alpha value is -1.30. The lowest BCUT2D eigenvalue weighted by Crippen LogP contribution is -2.49. The van der Waals surface area contributed by atoms with E-state index in [2.05, 4.69) is 40.2 Å². The van der Waals surface area contributed by atoms with Crippen LogP contribution in [0.3, 0.4) is 0 Å². The molecule has 1 aromatic carbocycles. The largest absolute Gasteiger partial charge is 0.391 e. The summed E-state index contributed by atoms with van der Waals surface area (Å²) in [5.74, 6) is 0. The highest BCUT2D eigenvalue weighted by atomic mass is 16.5. The van der Waals surface area contributed by atoms with Crippen LogP contribution in [0.15, 0.2) is 18.2 Å². The van der Waals surface area contributed by atoms with Crippen LogP contribution in [-0.2, 0) is 11.3 Å². The van der Waals surface area contributed by atoms with Crippen LogP contribution in [0.4, 0.5) is 11.4 Å². The molecular weight excluding hydrogens is 278 g/mol. The molecule has 1 aromatic rings. The van der Waals surface area contributed by atoms with Crippen LogP contribution < -0.4 is 15.1 Å². The van der Waals surface area contributed by atoms with E-state index >= 15 is 0 Å². The zero-order valence-electron chi connectivity index (χ0n) is 13.6. The number of nitrogens with zero attached hydrogens (tertiary/aromatic N) is 2. The van der Waals surface area contributed by atoms with Crippen molar-refractivity contribution < 1.29 is 9.84 Å². The Kier molecular flexibility index (Phi) is 4.86. The molecule has 5 nitrogen and oxygen atoms in total. The van der Waals surface area contributed by atoms with E-state index in [0.29, 0.717) is 12.6 Å². The minimum absolute atomic E-state index is 0.205. The Bertz CT molecular complexity index is 509. The Balaban J connectivity index is 1.86. The summed E-state index contributed by atoms with van der Waals surface area (Å²) in [7, 11) is 1.74. The highest BCUT2D eigenvalue weighted by Crippen LogP contribution is 2.30. The molecule has 0 unspecified atom stereocenters. The number of nitrogens with one attached hydrogen (secondary N) is 1. The number of aliphatic hydroxyl groups excluding tert-OH is 1. The van der Waals surface area contributed by atoms with Gasteiger partial charge in [0.2, 0.25) is 0 Å². The van der Waals surface area contributed by atoms with Crippen LogP contribution in [0.5, 0.6) is 0 Å². The van der Waals surface area contributed by atoms with Crippen LogP contribution in [0, 0.1) is 0 Å². The van der Waals surface area contributed by atoms with E-state index in [1.807, 2.05) is 0 Å². The highest BCUT2D eigenvalue weighted by molar-refractivity contribution is 5.63. The Morgan fingerprint density at radius 1 is 1.36 bits per heavy atom. The molecule has 0 amide bonds. The number of ether oxygens (including phenoxy) is 1. The van der Waals surface area contributed by atoms with Gasteiger partial charge in [-0.2, -0.15) is 0 Å². The molecule has 0 radical (unpaired) electrons. The van der Waals surface area contributed by atoms with Crippen LogP contribution in [0.25, 0.3) is 0 Å². The van der Waals surface area contributed by atoms with E-state index in [4.69, 9.17) is 4.74 Å². The molecule has 22 heavy (non-hydrogen) atoms. The molecule has 0 bridgehead atoms. The van der Waals surface area contributed by atoms with Crippen LogP contribution in [0.2, 0.25) is 0 Å². The van der Waals surface area contributed by atoms with E-state index in [0.717, 1.165) is 39.1 Å². The zero-order valence-corrected chi connectivity index (χ0v) is 13.6. The SMILES string of the molecule is COCc1cc(N2CCNC[C@H]2C)ccc1N1CC[C@@H](O)C1. The van der Waals surface area contributed by atoms with Crippen molar-refractivity contribution in [1.29, 1.82) is 0 Å². The summed E-state index contributed by atoms with van der Waals surface area (Å²) in [6.45, 7) is 7.60. The van der Waals surface area contributed by atoms with Gasteiger partial charge in [0.05, 0.1) is 12.7 Å². The van der Waals surface area contributed by atoms with Gasteiger partial charge < -0.3 is 25.0 Å². The quantitative estimate of drug-likeness (QED) is 0.875. The number of methoxy groups -OCH3 is 1. The Labute approximate surface area is 132 Å². The molecule has 0 aliphatic carbocycles. The van der Waals surface area contributed by atoms with Gasteiger partial charge in [-0.25, -0.2) is 0 Å². The maximum atomic E-state index is 9.79. The number of rotatable bonds is 4. The first kappa shape index (κ1) is 15.6. The number of β-amino-alcohol motifs (C(OH)–C–C–N with tert-alkyl or cyclic N) is 1. The van der Waals surface area contributed by atoms with Crippen molar-refractivity contribution >= 4 is 11.4 Å². The van der Waals surface area contributed by atoms with E-state index < -0.39 is 0 Å². The summed E-state index contributed by atoms with van der Waals surface area (Å²) in [4.78, 5) is 4.72.